The van der Waals surface area contributed by atoms with Crippen LogP contribution in [0.15, 0.2) is 18.2 Å². The van der Waals surface area contributed by atoms with Crippen LogP contribution in [-0.4, -0.2) is 10.1 Å². The lowest BCUT2D eigenvalue weighted by Gasteiger charge is -2.31. The van der Waals surface area contributed by atoms with Crippen LogP contribution in [0.4, 0.5) is 0 Å². The fourth-order valence-electron chi connectivity index (χ4n) is 2.93. The van der Waals surface area contributed by atoms with Gasteiger partial charge in [-0.15, -0.1) is 0 Å². The van der Waals surface area contributed by atoms with E-state index in [4.69, 9.17) is 0 Å². The smallest absolute Gasteiger partial charge is 0.0485 e. The molecule has 0 radical (unpaired) electrons. The molecule has 0 atom stereocenters. The molecule has 0 unspecified atom stereocenters. The normalized spacial score (nSPS) is 18.4. The maximum Gasteiger partial charge on any atom is 0.0485 e. The van der Waals surface area contributed by atoms with E-state index in [9.17, 15) is 0 Å². The van der Waals surface area contributed by atoms with Gasteiger partial charge in [0.05, 0.1) is 0 Å². The molecule has 3 rings (SSSR count). The summed E-state index contributed by atoms with van der Waals surface area (Å²) in [7, 11) is 2.18. The summed E-state index contributed by atoms with van der Waals surface area (Å²) in [6.45, 7) is 7.70. The first-order valence-corrected chi connectivity index (χ1v) is 6.30. The Morgan fingerprint density at radius 2 is 2.06 bits per heavy atom. The summed E-state index contributed by atoms with van der Waals surface area (Å²) in [6.07, 6.45) is 1.11. The average molecular weight is 228 g/mol. The molecule has 0 bridgehead atoms. The molecule has 0 fully saturated rings. The molecule has 2 heterocycles. The van der Waals surface area contributed by atoms with Crippen molar-refractivity contribution in [1.29, 1.82) is 0 Å². The fourth-order valence-corrected chi connectivity index (χ4v) is 2.93. The van der Waals surface area contributed by atoms with Gasteiger partial charge in [-0.2, -0.15) is 0 Å². The van der Waals surface area contributed by atoms with E-state index in [0.717, 1.165) is 13.0 Å². The first-order valence-electron chi connectivity index (χ1n) is 6.30. The molecule has 0 amide bonds. The van der Waals surface area contributed by atoms with Crippen LogP contribution in [0, 0.1) is 6.92 Å². The standard InChI is InChI=1S/C15H20N2/c1-10-5-6-11-12-8-15(2,3)16-9-14(12)17(4)13(11)7-10/h5-7,16H,8-9H2,1-4H3. The van der Waals surface area contributed by atoms with Crippen LogP contribution in [0.1, 0.15) is 30.7 Å². The highest BCUT2D eigenvalue weighted by atomic mass is 15.0. The second-order valence-corrected chi connectivity index (χ2v) is 5.92. The zero-order chi connectivity index (χ0) is 12.2. The molecule has 1 aromatic carbocycles. The SMILES string of the molecule is Cc1ccc2c3c(n(C)c2c1)CNC(C)(C)C3. The molecular weight excluding hydrogens is 208 g/mol. The summed E-state index contributed by atoms with van der Waals surface area (Å²) >= 11 is 0. The quantitative estimate of drug-likeness (QED) is 0.733. The molecule has 1 aliphatic rings. The molecule has 0 spiro atoms. The summed E-state index contributed by atoms with van der Waals surface area (Å²) < 4.78 is 2.35. The third kappa shape index (κ3) is 1.59. The third-order valence-electron chi connectivity index (χ3n) is 3.95. The molecule has 1 aromatic heterocycles. The lowest BCUT2D eigenvalue weighted by molar-refractivity contribution is 0.357. The number of hydrogen-bond acceptors (Lipinski definition) is 1. The Kier molecular flexibility index (Phi) is 2.14. The van der Waals surface area contributed by atoms with Gasteiger partial charge in [0.2, 0.25) is 0 Å². The van der Waals surface area contributed by atoms with Gasteiger partial charge >= 0.3 is 0 Å². The Hall–Kier alpha value is -1.28. The van der Waals surface area contributed by atoms with Crippen molar-refractivity contribution in [3.8, 4) is 0 Å². The number of rotatable bonds is 0. The maximum atomic E-state index is 3.61. The average Bonchev–Trinajstić information content (AvgIpc) is 2.51. The van der Waals surface area contributed by atoms with Crippen molar-refractivity contribution >= 4 is 10.9 Å². The minimum Gasteiger partial charge on any atom is -0.346 e. The van der Waals surface area contributed by atoms with Crippen LogP contribution in [-0.2, 0) is 20.0 Å². The minimum absolute atomic E-state index is 0.214. The summed E-state index contributed by atoms with van der Waals surface area (Å²) in [5.74, 6) is 0. The highest BCUT2D eigenvalue weighted by molar-refractivity contribution is 5.86. The molecule has 2 aromatic rings. The lowest BCUT2D eigenvalue weighted by Crippen LogP contribution is -2.44. The molecule has 90 valence electrons. The van der Waals surface area contributed by atoms with Crippen LogP contribution >= 0.6 is 0 Å². The van der Waals surface area contributed by atoms with Crippen molar-refractivity contribution in [3.05, 3.63) is 35.0 Å². The van der Waals surface area contributed by atoms with Crippen LogP contribution in [0.5, 0.6) is 0 Å². The maximum absolute atomic E-state index is 3.61. The van der Waals surface area contributed by atoms with Gasteiger partial charge in [-0.05, 0) is 44.4 Å². The number of fused-ring (bicyclic) bond motifs is 3. The van der Waals surface area contributed by atoms with E-state index in [-0.39, 0.29) is 5.54 Å². The summed E-state index contributed by atoms with van der Waals surface area (Å²) in [4.78, 5) is 0. The number of aryl methyl sites for hydroxylation is 2. The molecular formula is C15H20N2. The van der Waals surface area contributed by atoms with Gasteiger partial charge < -0.3 is 9.88 Å². The predicted molar refractivity (Wildman–Crippen MR) is 72.3 cm³/mol. The van der Waals surface area contributed by atoms with Gasteiger partial charge in [-0.25, -0.2) is 0 Å². The second kappa shape index (κ2) is 3.36. The number of aromatic nitrogens is 1. The highest BCUT2D eigenvalue weighted by Crippen LogP contribution is 2.32. The summed E-state index contributed by atoms with van der Waals surface area (Å²) in [5, 5.41) is 5.04. The van der Waals surface area contributed by atoms with E-state index < -0.39 is 0 Å². The van der Waals surface area contributed by atoms with E-state index in [1.54, 1.807) is 0 Å². The van der Waals surface area contributed by atoms with Crippen LogP contribution < -0.4 is 5.32 Å². The Morgan fingerprint density at radius 1 is 1.29 bits per heavy atom. The van der Waals surface area contributed by atoms with Crippen LogP contribution in [0.25, 0.3) is 10.9 Å². The van der Waals surface area contributed by atoms with Gasteiger partial charge in [0.15, 0.2) is 0 Å². The lowest BCUT2D eigenvalue weighted by atomic mass is 9.89. The molecule has 1 N–H and O–H groups in total. The van der Waals surface area contributed by atoms with Crippen molar-refractivity contribution in [2.24, 2.45) is 7.05 Å². The van der Waals surface area contributed by atoms with E-state index in [2.05, 4.69) is 55.9 Å². The number of benzene rings is 1. The van der Waals surface area contributed by atoms with E-state index in [1.807, 2.05) is 0 Å². The van der Waals surface area contributed by atoms with Crippen molar-refractivity contribution in [1.82, 2.24) is 9.88 Å². The molecule has 17 heavy (non-hydrogen) atoms. The van der Waals surface area contributed by atoms with E-state index in [0.29, 0.717) is 0 Å². The Labute approximate surface area is 103 Å². The van der Waals surface area contributed by atoms with Crippen molar-refractivity contribution < 1.29 is 0 Å². The predicted octanol–water partition coefficient (Wildman–Crippen LogP) is 2.91. The molecule has 0 saturated carbocycles. The molecule has 0 aliphatic carbocycles. The Morgan fingerprint density at radius 3 is 2.82 bits per heavy atom. The molecule has 2 nitrogen and oxygen atoms in total. The van der Waals surface area contributed by atoms with E-state index in [1.165, 1.54) is 27.7 Å². The van der Waals surface area contributed by atoms with Gasteiger partial charge in [-0.1, -0.05) is 12.1 Å². The van der Waals surface area contributed by atoms with Gasteiger partial charge in [0.1, 0.15) is 0 Å². The van der Waals surface area contributed by atoms with Crippen LogP contribution in [0.3, 0.4) is 0 Å². The topological polar surface area (TPSA) is 17.0 Å². The highest BCUT2D eigenvalue weighted by Gasteiger charge is 2.28. The molecule has 2 heteroatoms. The first-order chi connectivity index (χ1) is 7.98. The monoisotopic (exact) mass is 228 g/mol. The molecule has 0 saturated heterocycles. The van der Waals surface area contributed by atoms with Gasteiger partial charge in [0.25, 0.3) is 0 Å². The van der Waals surface area contributed by atoms with E-state index >= 15 is 0 Å². The van der Waals surface area contributed by atoms with Crippen molar-refractivity contribution in [2.75, 3.05) is 0 Å². The largest absolute Gasteiger partial charge is 0.346 e. The number of nitrogens with zero attached hydrogens (tertiary/aromatic N) is 1. The zero-order valence-corrected chi connectivity index (χ0v) is 11.1. The Bertz CT molecular complexity index is 590. The Balaban J connectivity index is 2.29. The zero-order valence-electron chi connectivity index (χ0n) is 11.1. The number of nitrogens with one attached hydrogen (secondary N) is 1. The first kappa shape index (κ1) is 10.8. The van der Waals surface area contributed by atoms with Gasteiger partial charge in [0, 0.05) is 35.7 Å². The van der Waals surface area contributed by atoms with Crippen LogP contribution in [0.2, 0.25) is 0 Å². The van der Waals surface area contributed by atoms with Crippen molar-refractivity contribution in [3.63, 3.8) is 0 Å². The second-order valence-electron chi connectivity index (χ2n) is 5.92. The molecule has 1 aliphatic heterocycles. The van der Waals surface area contributed by atoms with Crippen molar-refractivity contribution in [2.45, 2.75) is 39.3 Å². The summed E-state index contributed by atoms with van der Waals surface area (Å²) in [5.41, 5.74) is 5.90. The minimum atomic E-state index is 0.214. The third-order valence-corrected chi connectivity index (χ3v) is 3.95. The van der Waals surface area contributed by atoms with Gasteiger partial charge in [-0.3, -0.25) is 0 Å². The number of hydrogen-bond donors (Lipinski definition) is 1. The summed E-state index contributed by atoms with van der Waals surface area (Å²) in [6, 6.07) is 6.79. The fraction of sp³-hybridized carbons (Fsp3) is 0.467.